The molecule has 1 N–H and O–H groups in total. The Bertz CT molecular complexity index is 1080. The Hall–Kier alpha value is -3.61. The van der Waals surface area contributed by atoms with Crippen LogP contribution in [0.4, 0.5) is 16.2 Å². The van der Waals surface area contributed by atoms with Crippen molar-refractivity contribution in [1.29, 1.82) is 0 Å². The molecule has 1 aromatic heterocycles. The molecule has 7 heteroatoms. The Balaban J connectivity index is 1.27. The van der Waals surface area contributed by atoms with Crippen LogP contribution < -0.4 is 15.0 Å². The molecule has 0 bridgehead atoms. The molecule has 4 rings (SSSR count). The lowest BCUT2D eigenvalue weighted by Gasteiger charge is -2.36. The van der Waals surface area contributed by atoms with Gasteiger partial charge in [-0.2, -0.15) is 0 Å². The number of anilines is 2. The number of piperazine rings is 1. The maximum atomic E-state index is 12.3. The lowest BCUT2D eigenvalue weighted by atomic mass is 10.2. The fourth-order valence-corrected chi connectivity index (χ4v) is 3.84. The zero-order chi connectivity index (χ0) is 24.1. The van der Waals surface area contributed by atoms with Gasteiger partial charge in [-0.3, -0.25) is 0 Å². The summed E-state index contributed by atoms with van der Waals surface area (Å²) in [5, 5.41) is 3.42. The summed E-state index contributed by atoms with van der Waals surface area (Å²) in [6.45, 7) is 9.16. The standard InChI is InChI=1S/C27H33N3O4/c1-27(2,3)34-26(31)30-17-15-29(16-18-30)22-9-7-21(8-10-22)28-19-24-13-14-25(33-24)20-5-11-23(32-4)12-6-20/h5-14,28H,15-19H2,1-4H3. The predicted octanol–water partition coefficient (Wildman–Crippen LogP) is 5.62. The van der Waals surface area contributed by atoms with Crippen LogP contribution in [0, 0.1) is 0 Å². The Labute approximate surface area is 201 Å². The highest BCUT2D eigenvalue weighted by Crippen LogP contribution is 2.25. The maximum absolute atomic E-state index is 12.3. The number of hydrogen-bond donors (Lipinski definition) is 1. The van der Waals surface area contributed by atoms with Crippen molar-refractivity contribution in [3.8, 4) is 17.1 Å². The second kappa shape index (κ2) is 10.1. The van der Waals surface area contributed by atoms with E-state index in [0.717, 1.165) is 47.3 Å². The highest BCUT2D eigenvalue weighted by molar-refractivity contribution is 5.68. The van der Waals surface area contributed by atoms with Gasteiger partial charge in [0.05, 0.1) is 13.7 Å². The first-order valence-electron chi connectivity index (χ1n) is 11.6. The van der Waals surface area contributed by atoms with E-state index in [1.165, 1.54) is 0 Å². The zero-order valence-electron chi connectivity index (χ0n) is 20.3. The number of carbonyl (C=O) groups excluding carboxylic acids is 1. The van der Waals surface area contributed by atoms with Crippen LogP contribution in [0.15, 0.2) is 65.1 Å². The zero-order valence-corrected chi connectivity index (χ0v) is 20.3. The number of benzene rings is 2. The van der Waals surface area contributed by atoms with Crippen LogP contribution in [0.5, 0.6) is 5.75 Å². The van der Waals surface area contributed by atoms with Crippen molar-refractivity contribution >= 4 is 17.5 Å². The van der Waals surface area contributed by atoms with Gasteiger partial charge in [-0.05, 0) is 81.4 Å². The Kier molecular flexibility index (Phi) is 7.01. The molecule has 1 aliphatic heterocycles. The van der Waals surface area contributed by atoms with Crippen LogP contribution in [0.2, 0.25) is 0 Å². The number of methoxy groups -OCH3 is 1. The molecule has 3 aromatic rings. The minimum absolute atomic E-state index is 0.236. The summed E-state index contributed by atoms with van der Waals surface area (Å²) in [7, 11) is 1.66. The first kappa shape index (κ1) is 23.5. The van der Waals surface area contributed by atoms with Crippen molar-refractivity contribution in [2.45, 2.75) is 32.9 Å². The van der Waals surface area contributed by atoms with Crippen LogP contribution >= 0.6 is 0 Å². The fourth-order valence-electron chi connectivity index (χ4n) is 3.84. The molecule has 0 radical (unpaired) electrons. The number of amides is 1. The summed E-state index contributed by atoms with van der Waals surface area (Å²) >= 11 is 0. The Morgan fingerprint density at radius 1 is 0.941 bits per heavy atom. The average Bonchev–Trinajstić information content (AvgIpc) is 3.31. The molecule has 7 nitrogen and oxygen atoms in total. The van der Waals surface area contributed by atoms with E-state index in [4.69, 9.17) is 13.9 Å². The van der Waals surface area contributed by atoms with Crippen molar-refractivity contribution < 1.29 is 18.7 Å². The van der Waals surface area contributed by atoms with E-state index in [1.807, 2.05) is 57.2 Å². The molecule has 0 saturated carbocycles. The van der Waals surface area contributed by atoms with Gasteiger partial charge in [0.15, 0.2) is 0 Å². The lowest BCUT2D eigenvalue weighted by molar-refractivity contribution is 0.0240. The lowest BCUT2D eigenvalue weighted by Crippen LogP contribution is -2.50. The number of ether oxygens (including phenoxy) is 2. The molecule has 2 heterocycles. The molecule has 0 unspecified atom stereocenters. The van der Waals surface area contributed by atoms with Crippen LogP contribution in [0.1, 0.15) is 26.5 Å². The second-order valence-electron chi connectivity index (χ2n) is 9.35. The van der Waals surface area contributed by atoms with Crippen LogP contribution in [0.3, 0.4) is 0 Å². The van der Waals surface area contributed by atoms with E-state index in [9.17, 15) is 4.79 Å². The summed E-state index contributed by atoms with van der Waals surface area (Å²) < 4.78 is 16.7. The fraction of sp³-hybridized carbons (Fsp3) is 0.370. The van der Waals surface area contributed by atoms with Gasteiger partial charge in [-0.15, -0.1) is 0 Å². The molecule has 180 valence electrons. The predicted molar refractivity (Wildman–Crippen MR) is 134 cm³/mol. The normalized spacial score (nSPS) is 14.1. The number of nitrogens with zero attached hydrogens (tertiary/aromatic N) is 2. The van der Waals surface area contributed by atoms with E-state index in [0.29, 0.717) is 19.6 Å². The minimum Gasteiger partial charge on any atom is -0.497 e. The molecule has 34 heavy (non-hydrogen) atoms. The van der Waals surface area contributed by atoms with Crippen LogP contribution in [-0.2, 0) is 11.3 Å². The molecule has 1 aliphatic rings. The molecular formula is C27H33N3O4. The van der Waals surface area contributed by atoms with Gasteiger partial charge >= 0.3 is 6.09 Å². The number of furan rings is 1. The van der Waals surface area contributed by atoms with Gasteiger partial charge in [-0.1, -0.05) is 0 Å². The van der Waals surface area contributed by atoms with Gasteiger partial charge in [-0.25, -0.2) is 4.79 Å². The van der Waals surface area contributed by atoms with E-state index in [2.05, 4.69) is 34.5 Å². The second-order valence-corrected chi connectivity index (χ2v) is 9.35. The van der Waals surface area contributed by atoms with E-state index >= 15 is 0 Å². The number of hydrogen-bond acceptors (Lipinski definition) is 6. The van der Waals surface area contributed by atoms with Crippen molar-refractivity contribution in [2.75, 3.05) is 43.5 Å². The third kappa shape index (κ3) is 6.04. The van der Waals surface area contributed by atoms with Crippen molar-refractivity contribution in [3.63, 3.8) is 0 Å². The van der Waals surface area contributed by atoms with Gasteiger partial charge < -0.3 is 29.0 Å². The van der Waals surface area contributed by atoms with Gasteiger partial charge in [0.2, 0.25) is 0 Å². The summed E-state index contributed by atoms with van der Waals surface area (Å²) in [6, 6.07) is 20.2. The van der Waals surface area contributed by atoms with Crippen molar-refractivity contribution in [1.82, 2.24) is 4.90 Å². The number of carbonyl (C=O) groups is 1. The van der Waals surface area contributed by atoms with E-state index in [1.54, 1.807) is 12.0 Å². The largest absolute Gasteiger partial charge is 0.497 e. The first-order chi connectivity index (χ1) is 16.3. The molecule has 1 fully saturated rings. The first-order valence-corrected chi connectivity index (χ1v) is 11.6. The monoisotopic (exact) mass is 463 g/mol. The van der Waals surface area contributed by atoms with Crippen LogP contribution in [-0.4, -0.2) is 49.9 Å². The maximum Gasteiger partial charge on any atom is 0.410 e. The van der Waals surface area contributed by atoms with Crippen molar-refractivity contribution in [3.05, 3.63) is 66.4 Å². The third-order valence-corrected chi connectivity index (χ3v) is 5.67. The molecule has 0 spiro atoms. The summed E-state index contributed by atoms with van der Waals surface area (Å²) in [6.07, 6.45) is -0.236. The summed E-state index contributed by atoms with van der Waals surface area (Å²) in [5.41, 5.74) is 2.72. The highest BCUT2D eigenvalue weighted by atomic mass is 16.6. The number of nitrogens with one attached hydrogen (secondary N) is 1. The van der Waals surface area contributed by atoms with Gasteiger partial charge in [0.1, 0.15) is 22.9 Å². The molecule has 2 aromatic carbocycles. The molecule has 1 amide bonds. The smallest absolute Gasteiger partial charge is 0.410 e. The third-order valence-electron chi connectivity index (χ3n) is 5.67. The van der Waals surface area contributed by atoms with E-state index in [-0.39, 0.29) is 6.09 Å². The number of rotatable bonds is 6. The quantitative estimate of drug-likeness (QED) is 0.511. The Morgan fingerprint density at radius 3 is 2.24 bits per heavy atom. The molecular weight excluding hydrogens is 430 g/mol. The average molecular weight is 464 g/mol. The summed E-state index contributed by atoms with van der Waals surface area (Å²) in [5.74, 6) is 2.53. The molecule has 0 atom stereocenters. The van der Waals surface area contributed by atoms with E-state index < -0.39 is 5.60 Å². The van der Waals surface area contributed by atoms with Crippen molar-refractivity contribution in [2.24, 2.45) is 0 Å². The summed E-state index contributed by atoms with van der Waals surface area (Å²) in [4.78, 5) is 16.3. The Morgan fingerprint density at radius 2 is 1.62 bits per heavy atom. The van der Waals surface area contributed by atoms with Gasteiger partial charge in [0, 0.05) is 43.1 Å². The highest BCUT2D eigenvalue weighted by Gasteiger charge is 2.25. The topological polar surface area (TPSA) is 67.2 Å². The SMILES string of the molecule is COc1ccc(-c2ccc(CNc3ccc(N4CCN(C(=O)OC(C)(C)C)CC4)cc3)o2)cc1. The van der Waals surface area contributed by atoms with Gasteiger partial charge in [0.25, 0.3) is 0 Å². The molecule has 0 aliphatic carbocycles. The minimum atomic E-state index is -0.468. The van der Waals surface area contributed by atoms with Crippen LogP contribution in [0.25, 0.3) is 11.3 Å². The molecule has 1 saturated heterocycles.